The molecule has 1 aromatic heterocycles. The Hall–Kier alpha value is -1.85. The van der Waals surface area contributed by atoms with Crippen molar-refractivity contribution in [1.29, 1.82) is 0 Å². The van der Waals surface area contributed by atoms with Gasteiger partial charge in [-0.25, -0.2) is 9.97 Å². The number of aromatic nitrogens is 2. The fraction of sp³-hybridized carbons (Fsp3) is 0.444. The van der Waals surface area contributed by atoms with Gasteiger partial charge in [0.05, 0.1) is 0 Å². The second-order valence-electron chi connectivity index (χ2n) is 6.26. The molecule has 0 saturated carbocycles. The molecule has 0 spiro atoms. The molecule has 24 heavy (non-hydrogen) atoms. The van der Waals surface area contributed by atoms with Gasteiger partial charge in [0.2, 0.25) is 0 Å². The number of aryl methyl sites for hydroxylation is 1. The van der Waals surface area contributed by atoms with Crippen LogP contribution in [0.2, 0.25) is 5.02 Å². The van der Waals surface area contributed by atoms with Crippen molar-refractivity contribution in [2.24, 2.45) is 0 Å². The molecule has 0 bridgehead atoms. The lowest BCUT2D eigenvalue weighted by atomic mass is 10.1. The van der Waals surface area contributed by atoms with E-state index >= 15 is 0 Å². The van der Waals surface area contributed by atoms with Gasteiger partial charge < -0.3 is 15.1 Å². The van der Waals surface area contributed by atoms with Crippen molar-refractivity contribution in [3.05, 3.63) is 46.7 Å². The molecule has 3 rings (SSSR count). The molecule has 1 fully saturated rings. The Kier molecular flexibility index (Phi) is 5.53. The Morgan fingerprint density at radius 1 is 1.12 bits per heavy atom. The van der Waals surface area contributed by atoms with E-state index in [-0.39, 0.29) is 0 Å². The average Bonchev–Trinajstić information content (AvgIpc) is 2.55. The third-order valence-corrected chi connectivity index (χ3v) is 4.50. The van der Waals surface area contributed by atoms with Gasteiger partial charge in [0, 0.05) is 43.8 Å². The number of benzene rings is 1. The maximum Gasteiger partial charge on any atom is 0.134 e. The standard InChI is InChI=1S/C18H24ClN5/c1-14-21-17(20-7-6-15-4-3-5-16(19)12-15)13-18(22-14)24-10-8-23(2)9-11-24/h3-5,12-13H,6-11H2,1-2H3,(H,20,21,22). The fourth-order valence-electron chi connectivity index (χ4n) is 2.87. The molecule has 1 aliphatic heterocycles. The van der Waals surface area contributed by atoms with Crippen LogP contribution in [0, 0.1) is 6.92 Å². The number of halogens is 1. The minimum absolute atomic E-state index is 0.780. The highest BCUT2D eigenvalue weighted by Crippen LogP contribution is 2.18. The third kappa shape index (κ3) is 4.58. The molecule has 0 radical (unpaired) electrons. The van der Waals surface area contributed by atoms with Gasteiger partial charge in [-0.05, 0) is 38.1 Å². The molecule has 1 saturated heterocycles. The van der Waals surface area contributed by atoms with Crippen molar-refractivity contribution >= 4 is 23.2 Å². The van der Waals surface area contributed by atoms with Crippen LogP contribution in [-0.4, -0.2) is 54.6 Å². The first kappa shape index (κ1) is 17.0. The smallest absolute Gasteiger partial charge is 0.134 e. The Morgan fingerprint density at radius 2 is 1.92 bits per heavy atom. The third-order valence-electron chi connectivity index (χ3n) is 4.26. The summed E-state index contributed by atoms with van der Waals surface area (Å²) in [6.07, 6.45) is 0.910. The van der Waals surface area contributed by atoms with Crippen molar-refractivity contribution in [2.75, 3.05) is 50.0 Å². The normalized spacial score (nSPS) is 15.5. The molecule has 128 valence electrons. The Labute approximate surface area is 148 Å². The van der Waals surface area contributed by atoms with Crippen LogP contribution in [0.1, 0.15) is 11.4 Å². The van der Waals surface area contributed by atoms with Crippen LogP contribution < -0.4 is 10.2 Å². The van der Waals surface area contributed by atoms with Gasteiger partial charge >= 0.3 is 0 Å². The van der Waals surface area contributed by atoms with Gasteiger partial charge in [-0.3, -0.25) is 0 Å². The molecule has 0 amide bonds. The molecular formula is C18H24ClN5. The van der Waals surface area contributed by atoms with Crippen LogP contribution in [0.25, 0.3) is 0 Å². The summed E-state index contributed by atoms with van der Waals surface area (Å²) in [6.45, 7) is 6.92. The van der Waals surface area contributed by atoms with E-state index in [2.05, 4.69) is 44.3 Å². The Morgan fingerprint density at radius 3 is 2.67 bits per heavy atom. The van der Waals surface area contributed by atoms with E-state index in [1.807, 2.05) is 25.1 Å². The van der Waals surface area contributed by atoms with Crippen molar-refractivity contribution in [1.82, 2.24) is 14.9 Å². The summed E-state index contributed by atoms with van der Waals surface area (Å²) in [5.41, 5.74) is 1.22. The second kappa shape index (κ2) is 7.81. The van der Waals surface area contributed by atoms with Crippen molar-refractivity contribution in [3.8, 4) is 0 Å². The van der Waals surface area contributed by atoms with Crippen LogP contribution in [0.5, 0.6) is 0 Å². The number of anilines is 2. The van der Waals surface area contributed by atoms with Gasteiger partial charge in [-0.1, -0.05) is 23.7 Å². The van der Waals surface area contributed by atoms with Gasteiger partial charge in [0.1, 0.15) is 17.5 Å². The maximum atomic E-state index is 6.03. The maximum absolute atomic E-state index is 6.03. The zero-order chi connectivity index (χ0) is 16.9. The largest absolute Gasteiger partial charge is 0.370 e. The molecule has 0 aliphatic carbocycles. The second-order valence-corrected chi connectivity index (χ2v) is 6.69. The summed E-state index contributed by atoms with van der Waals surface area (Å²) in [5, 5.41) is 4.19. The van der Waals surface area contributed by atoms with E-state index in [9.17, 15) is 0 Å². The number of nitrogens with one attached hydrogen (secondary N) is 1. The zero-order valence-electron chi connectivity index (χ0n) is 14.3. The van der Waals surface area contributed by atoms with Crippen LogP contribution in [-0.2, 0) is 6.42 Å². The van der Waals surface area contributed by atoms with Crippen molar-refractivity contribution < 1.29 is 0 Å². The van der Waals surface area contributed by atoms with E-state index in [0.717, 1.165) is 61.6 Å². The average molecular weight is 346 g/mol. The van der Waals surface area contributed by atoms with E-state index in [1.165, 1.54) is 5.56 Å². The molecule has 0 unspecified atom stereocenters. The molecule has 2 aromatic rings. The summed E-state index contributed by atoms with van der Waals surface area (Å²) >= 11 is 6.03. The van der Waals surface area contributed by atoms with Crippen LogP contribution in [0.4, 0.5) is 11.6 Å². The molecule has 1 aromatic carbocycles. The Balaban J connectivity index is 1.61. The number of rotatable bonds is 5. The minimum Gasteiger partial charge on any atom is -0.370 e. The van der Waals surface area contributed by atoms with E-state index in [1.54, 1.807) is 0 Å². The van der Waals surface area contributed by atoms with Gasteiger partial charge in [-0.15, -0.1) is 0 Å². The molecule has 1 N–H and O–H groups in total. The highest BCUT2D eigenvalue weighted by Gasteiger charge is 2.16. The van der Waals surface area contributed by atoms with Crippen LogP contribution in [0.15, 0.2) is 30.3 Å². The topological polar surface area (TPSA) is 44.3 Å². The summed E-state index contributed by atoms with van der Waals surface area (Å²) in [5.74, 6) is 2.70. The highest BCUT2D eigenvalue weighted by molar-refractivity contribution is 6.30. The lowest BCUT2D eigenvalue weighted by molar-refractivity contribution is 0.312. The molecule has 1 aliphatic rings. The number of hydrogen-bond acceptors (Lipinski definition) is 5. The molecule has 2 heterocycles. The molecule has 6 heteroatoms. The number of piperazine rings is 1. The zero-order valence-corrected chi connectivity index (χ0v) is 15.1. The monoisotopic (exact) mass is 345 g/mol. The lowest BCUT2D eigenvalue weighted by Crippen LogP contribution is -2.44. The first-order chi connectivity index (χ1) is 11.6. The predicted molar refractivity (Wildman–Crippen MR) is 100 cm³/mol. The van der Waals surface area contributed by atoms with Crippen LogP contribution >= 0.6 is 11.6 Å². The number of hydrogen-bond donors (Lipinski definition) is 1. The highest BCUT2D eigenvalue weighted by atomic mass is 35.5. The molecular weight excluding hydrogens is 322 g/mol. The number of likely N-dealkylation sites (N-methyl/N-ethyl adjacent to an activating group) is 1. The van der Waals surface area contributed by atoms with Crippen molar-refractivity contribution in [3.63, 3.8) is 0 Å². The molecule has 0 atom stereocenters. The van der Waals surface area contributed by atoms with Crippen LogP contribution in [0.3, 0.4) is 0 Å². The summed E-state index contributed by atoms with van der Waals surface area (Å²) in [4.78, 5) is 13.8. The fourth-order valence-corrected chi connectivity index (χ4v) is 3.08. The molecule has 5 nitrogen and oxygen atoms in total. The minimum atomic E-state index is 0.780. The van der Waals surface area contributed by atoms with E-state index in [0.29, 0.717) is 0 Å². The van der Waals surface area contributed by atoms with E-state index < -0.39 is 0 Å². The van der Waals surface area contributed by atoms with E-state index in [4.69, 9.17) is 11.6 Å². The predicted octanol–water partition coefficient (Wildman–Crippen LogP) is 2.84. The van der Waals surface area contributed by atoms with Crippen molar-refractivity contribution in [2.45, 2.75) is 13.3 Å². The lowest BCUT2D eigenvalue weighted by Gasteiger charge is -2.33. The summed E-state index contributed by atoms with van der Waals surface area (Å²) in [7, 11) is 2.16. The SMILES string of the molecule is Cc1nc(NCCc2cccc(Cl)c2)cc(N2CCN(C)CC2)n1. The quantitative estimate of drug-likeness (QED) is 0.902. The first-order valence-electron chi connectivity index (χ1n) is 8.37. The van der Waals surface area contributed by atoms with Gasteiger partial charge in [0.25, 0.3) is 0 Å². The first-order valence-corrected chi connectivity index (χ1v) is 8.75. The van der Waals surface area contributed by atoms with Gasteiger partial charge in [0.15, 0.2) is 0 Å². The summed E-state index contributed by atoms with van der Waals surface area (Å²) < 4.78 is 0. The summed E-state index contributed by atoms with van der Waals surface area (Å²) in [6, 6.07) is 10.0. The van der Waals surface area contributed by atoms with Gasteiger partial charge in [-0.2, -0.15) is 0 Å². The Bertz CT molecular complexity index is 683. The number of nitrogens with zero attached hydrogens (tertiary/aromatic N) is 4.